The van der Waals surface area contributed by atoms with E-state index in [-0.39, 0.29) is 18.3 Å². The first-order valence-electron chi connectivity index (χ1n) is 19.4. The van der Waals surface area contributed by atoms with E-state index < -0.39 is 0 Å². The molecule has 0 spiro atoms. The third-order valence-corrected chi connectivity index (χ3v) is 10.8. The zero-order valence-electron chi connectivity index (χ0n) is 31.8. The Morgan fingerprint density at radius 3 is 2.51 bits per heavy atom. The van der Waals surface area contributed by atoms with Crippen molar-refractivity contribution in [3.8, 4) is 45.4 Å². The lowest BCUT2D eigenvalue weighted by molar-refractivity contribution is -0.0366. The fourth-order valence-corrected chi connectivity index (χ4v) is 7.82. The molecule has 290 valence electrons. The lowest BCUT2D eigenvalue weighted by atomic mass is 9.94. The summed E-state index contributed by atoms with van der Waals surface area (Å²) in [4.78, 5) is 32.0. The molecule has 0 saturated carbocycles. The molecule has 0 bridgehead atoms. The molecule has 0 amide bonds. The van der Waals surface area contributed by atoms with Gasteiger partial charge >= 0.3 is 0 Å². The Kier molecular flexibility index (Phi) is 10.3. The monoisotopic (exact) mass is 764 g/mol. The second-order valence-corrected chi connectivity index (χ2v) is 14.3. The van der Waals surface area contributed by atoms with Gasteiger partial charge in [0.15, 0.2) is 6.23 Å². The van der Waals surface area contributed by atoms with E-state index in [1.54, 1.807) is 24.1 Å². The smallest absolute Gasteiger partial charge is 0.264 e. The summed E-state index contributed by atoms with van der Waals surface area (Å²) in [6, 6.07) is 25.1. The highest BCUT2D eigenvalue weighted by molar-refractivity contribution is 6.09. The maximum Gasteiger partial charge on any atom is 0.264 e. The highest BCUT2D eigenvalue weighted by Crippen LogP contribution is 2.41. The summed E-state index contributed by atoms with van der Waals surface area (Å²) in [5.41, 5.74) is 13.0. The quantitative estimate of drug-likeness (QED) is 0.143. The molecule has 13 heteroatoms. The van der Waals surface area contributed by atoms with Gasteiger partial charge in [-0.05, 0) is 72.9 Å². The maximum atomic E-state index is 15.2. The number of anilines is 1. The van der Waals surface area contributed by atoms with Gasteiger partial charge in [0.2, 0.25) is 5.88 Å². The first-order chi connectivity index (χ1) is 28.1. The number of nitrogens with zero attached hydrogens (tertiary/aromatic N) is 7. The van der Waals surface area contributed by atoms with E-state index in [2.05, 4.69) is 9.88 Å². The lowest BCUT2D eigenvalue weighted by Gasteiger charge is -2.26. The van der Waals surface area contributed by atoms with Gasteiger partial charge in [-0.2, -0.15) is 5.10 Å². The zero-order valence-corrected chi connectivity index (χ0v) is 31.8. The number of aromatic nitrogens is 6. The minimum atomic E-state index is -0.278. The van der Waals surface area contributed by atoms with E-state index in [9.17, 15) is 0 Å². The molecular formula is C44H44N8O5. The van der Waals surface area contributed by atoms with Crippen molar-refractivity contribution < 1.29 is 18.9 Å². The van der Waals surface area contributed by atoms with Gasteiger partial charge in [-0.15, -0.1) is 0 Å². The summed E-state index contributed by atoms with van der Waals surface area (Å²) < 4.78 is 26.9. The van der Waals surface area contributed by atoms with E-state index in [4.69, 9.17) is 39.7 Å². The Morgan fingerprint density at radius 1 is 0.895 bits per heavy atom. The minimum absolute atomic E-state index is 0.146. The molecule has 2 fully saturated rings. The highest BCUT2D eigenvalue weighted by Gasteiger charge is 2.25. The molecule has 3 aromatic carbocycles. The second kappa shape index (κ2) is 16.1. The molecule has 7 aromatic rings. The minimum Gasteiger partial charge on any atom is -0.497 e. The van der Waals surface area contributed by atoms with Crippen LogP contribution in [0.5, 0.6) is 11.6 Å². The highest BCUT2D eigenvalue weighted by atomic mass is 16.5. The molecule has 4 aromatic heterocycles. The molecule has 9 rings (SSSR count). The predicted molar refractivity (Wildman–Crippen MR) is 219 cm³/mol. The standard InChI is InChI=1S/C44H44N8O5/c1-54-31-13-11-29(12-14-31)28-51-43(30-15-17-46-18-16-30)49-42-34(36-7-5-9-38(48-36)56-25-21-50-19-23-55-24-20-50)26-33(41(45)40(42)44(51)53)32-6-4-8-37-35(32)27-47-52(37)39-10-2-3-22-57-39/h4-9,11-18,26-27,39H,2-3,10,19-25,28,45H2,1H3. The second-order valence-electron chi connectivity index (χ2n) is 14.3. The van der Waals surface area contributed by atoms with Gasteiger partial charge in [-0.25, -0.2) is 14.6 Å². The molecule has 6 heterocycles. The number of nitrogens with two attached hydrogens (primary N) is 1. The Bertz CT molecular complexity index is 2580. The van der Waals surface area contributed by atoms with Crippen molar-refractivity contribution in [3.63, 3.8) is 0 Å². The van der Waals surface area contributed by atoms with Crippen LogP contribution in [-0.2, 0) is 16.0 Å². The molecule has 0 radical (unpaired) electrons. The van der Waals surface area contributed by atoms with Gasteiger partial charge in [-0.3, -0.25) is 19.2 Å². The van der Waals surface area contributed by atoms with Crippen molar-refractivity contribution in [1.82, 2.24) is 34.2 Å². The first kappa shape index (κ1) is 36.5. The third kappa shape index (κ3) is 7.32. The first-order valence-corrected chi connectivity index (χ1v) is 19.4. The van der Waals surface area contributed by atoms with Gasteiger partial charge in [0, 0.05) is 66.8 Å². The molecule has 2 aliphatic rings. The van der Waals surface area contributed by atoms with Gasteiger partial charge in [0.05, 0.1) is 60.9 Å². The van der Waals surface area contributed by atoms with Crippen LogP contribution in [-0.4, -0.2) is 87.4 Å². The lowest BCUT2D eigenvalue weighted by Crippen LogP contribution is -2.38. The molecular weight excluding hydrogens is 721 g/mol. The number of pyridine rings is 2. The number of methoxy groups -OCH3 is 1. The predicted octanol–water partition coefficient (Wildman–Crippen LogP) is 6.59. The van der Waals surface area contributed by atoms with E-state index in [0.29, 0.717) is 58.3 Å². The number of nitrogen functional groups attached to an aromatic ring is 1. The van der Waals surface area contributed by atoms with Crippen molar-refractivity contribution in [2.45, 2.75) is 32.0 Å². The number of rotatable bonds is 11. The van der Waals surface area contributed by atoms with Crippen LogP contribution in [0.3, 0.4) is 0 Å². The number of fused-ring (bicyclic) bond motifs is 2. The topological polar surface area (TPSA) is 145 Å². The van der Waals surface area contributed by atoms with Crippen LogP contribution in [0.2, 0.25) is 0 Å². The summed E-state index contributed by atoms with van der Waals surface area (Å²) >= 11 is 0. The van der Waals surface area contributed by atoms with Crippen LogP contribution in [0.15, 0.2) is 102 Å². The summed E-state index contributed by atoms with van der Waals surface area (Å²) in [6.07, 6.45) is 8.11. The molecule has 0 aliphatic carbocycles. The van der Waals surface area contributed by atoms with Crippen LogP contribution in [0.4, 0.5) is 5.69 Å². The van der Waals surface area contributed by atoms with E-state index >= 15 is 4.79 Å². The molecule has 13 nitrogen and oxygen atoms in total. The number of benzene rings is 3. The summed E-state index contributed by atoms with van der Waals surface area (Å²) in [5, 5.41) is 6.01. The van der Waals surface area contributed by atoms with Crippen molar-refractivity contribution in [2.75, 3.05) is 58.9 Å². The van der Waals surface area contributed by atoms with Crippen LogP contribution in [0.25, 0.3) is 55.6 Å². The number of hydrogen-bond acceptors (Lipinski definition) is 11. The molecule has 2 aliphatic heterocycles. The third-order valence-electron chi connectivity index (χ3n) is 10.8. The number of ether oxygens (including phenoxy) is 4. The van der Waals surface area contributed by atoms with Crippen LogP contribution in [0, 0.1) is 0 Å². The number of hydrogen-bond donors (Lipinski definition) is 1. The largest absolute Gasteiger partial charge is 0.497 e. The Balaban J connectivity index is 1.23. The van der Waals surface area contributed by atoms with Crippen LogP contribution < -0.4 is 20.8 Å². The van der Waals surface area contributed by atoms with Crippen molar-refractivity contribution in [1.29, 1.82) is 0 Å². The van der Waals surface area contributed by atoms with Gasteiger partial charge in [0.25, 0.3) is 5.56 Å². The van der Waals surface area contributed by atoms with E-state index in [1.165, 1.54) is 0 Å². The van der Waals surface area contributed by atoms with Gasteiger partial charge in [-0.1, -0.05) is 30.3 Å². The zero-order chi connectivity index (χ0) is 38.7. The SMILES string of the molecule is COc1ccc(Cn2c(-c3ccncc3)nc3c(-c4cccc(OCCN5CCOCC5)n4)cc(-c4cccc5c4cnn5C4CCCCO4)c(N)c3c2=O)cc1. The normalized spacial score (nSPS) is 16.3. The van der Waals surface area contributed by atoms with E-state index in [0.717, 1.165) is 85.5 Å². The van der Waals surface area contributed by atoms with Crippen LogP contribution >= 0.6 is 0 Å². The molecule has 2 N–H and O–H groups in total. The van der Waals surface area contributed by atoms with Crippen molar-refractivity contribution >= 4 is 27.5 Å². The summed E-state index contributed by atoms with van der Waals surface area (Å²) in [6.45, 7) is 5.37. The Morgan fingerprint density at radius 2 is 1.72 bits per heavy atom. The van der Waals surface area contributed by atoms with E-state index in [1.807, 2.05) is 89.7 Å². The average Bonchev–Trinajstić information content (AvgIpc) is 3.71. The number of morpholine rings is 1. The average molecular weight is 765 g/mol. The fourth-order valence-electron chi connectivity index (χ4n) is 7.82. The van der Waals surface area contributed by atoms with Crippen molar-refractivity contribution in [3.05, 3.63) is 113 Å². The maximum absolute atomic E-state index is 15.2. The summed E-state index contributed by atoms with van der Waals surface area (Å²) in [7, 11) is 1.63. The summed E-state index contributed by atoms with van der Waals surface area (Å²) in [5.74, 6) is 1.68. The van der Waals surface area contributed by atoms with Gasteiger partial charge < -0.3 is 24.7 Å². The molecule has 1 unspecified atom stereocenters. The fraction of sp³-hybridized carbons (Fsp3) is 0.295. The Hall–Kier alpha value is -6.15. The van der Waals surface area contributed by atoms with Gasteiger partial charge in [0.1, 0.15) is 18.2 Å². The molecule has 57 heavy (non-hydrogen) atoms. The van der Waals surface area contributed by atoms with Crippen LogP contribution in [0.1, 0.15) is 31.1 Å². The van der Waals surface area contributed by atoms with Crippen molar-refractivity contribution in [2.24, 2.45) is 0 Å². The molecule has 1 atom stereocenters. The Labute approximate surface area is 329 Å². The molecule has 2 saturated heterocycles.